The lowest BCUT2D eigenvalue weighted by Gasteiger charge is -2.08. The molecule has 0 radical (unpaired) electrons. The van der Waals surface area contributed by atoms with E-state index in [1.165, 1.54) is 10.5 Å². The van der Waals surface area contributed by atoms with Gasteiger partial charge in [0.1, 0.15) is 6.67 Å². The number of fused-ring (bicyclic) bond motifs is 1. The monoisotopic (exact) mass is 275 g/mol. The number of rotatable bonds is 3. The topological polar surface area (TPSA) is 12.0 Å². The Bertz CT molecular complexity index is 332. The average molecular weight is 276 g/mol. The number of halogens is 2. The molecule has 1 aliphatic rings. The molecule has 2 rings (SSSR count). The van der Waals surface area contributed by atoms with Gasteiger partial charge in [0.25, 0.3) is 0 Å². The Balaban J connectivity index is 2.03. The van der Waals surface area contributed by atoms with Crippen molar-refractivity contribution in [3.05, 3.63) is 28.2 Å². The molecule has 0 fully saturated rings. The van der Waals surface area contributed by atoms with E-state index in [0.717, 1.165) is 10.9 Å². The van der Waals surface area contributed by atoms with E-state index in [0.29, 0.717) is 11.9 Å². The van der Waals surface area contributed by atoms with Crippen LogP contribution in [0.15, 0.2) is 27.6 Å². The summed E-state index contributed by atoms with van der Waals surface area (Å²) >= 11 is 5.23. The van der Waals surface area contributed by atoms with Gasteiger partial charge in [-0.15, -0.1) is 11.8 Å². The molecule has 1 aromatic carbocycles. The van der Waals surface area contributed by atoms with Crippen LogP contribution in [-0.2, 0) is 6.42 Å². The molecule has 1 N–H and O–H groups in total. The number of alkyl halides is 1. The Labute approximate surface area is 95.6 Å². The van der Waals surface area contributed by atoms with Crippen molar-refractivity contribution in [1.29, 1.82) is 0 Å². The fourth-order valence-corrected chi connectivity index (χ4v) is 3.31. The first-order valence-corrected chi connectivity index (χ1v) is 6.21. The molecule has 1 aromatic rings. The van der Waals surface area contributed by atoms with Crippen LogP contribution < -0.4 is 5.32 Å². The Hall–Kier alpha value is -0.0600. The summed E-state index contributed by atoms with van der Waals surface area (Å²) < 4.78 is 13.1. The maximum absolute atomic E-state index is 12.0. The predicted octanol–water partition coefficient (Wildman–Crippen LogP) is 2.98. The van der Waals surface area contributed by atoms with E-state index in [1.54, 1.807) is 11.8 Å². The van der Waals surface area contributed by atoms with Gasteiger partial charge < -0.3 is 5.32 Å². The molecule has 0 amide bonds. The van der Waals surface area contributed by atoms with Gasteiger partial charge >= 0.3 is 0 Å². The Morgan fingerprint density at radius 3 is 3.21 bits per heavy atom. The fourth-order valence-electron chi connectivity index (χ4n) is 1.53. The van der Waals surface area contributed by atoms with Gasteiger partial charge in [-0.2, -0.15) is 0 Å². The molecule has 0 saturated carbocycles. The molecule has 1 atom stereocenters. The van der Waals surface area contributed by atoms with Crippen molar-refractivity contribution in [3.63, 3.8) is 0 Å². The van der Waals surface area contributed by atoms with Crippen molar-refractivity contribution in [3.8, 4) is 0 Å². The van der Waals surface area contributed by atoms with Crippen molar-refractivity contribution in [2.45, 2.75) is 16.7 Å². The summed E-state index contributed by atoms with van der Waals surface area (Å²) in [5.41, 5.74) is 1.36. The van der Waals surface area contributed by atoms with E-state index >= 15 is 0 Å². The molecule has 1 aliphatic heterocycles. The minimum absolute atomic E-state index is 0.295. The van der Waals surface area contributed by atoms with E-state index < -0.39 is 0 Å². The molecule has 76 valence electrons. The van der Waals surface area contributed by atoms with Gasteiger partial charge in [-0.25, -0.2) is 4.39 Å². The summed E-state index contributed by atoms with van der Waals surface area (Å²) in [4.78, 5) is 1.30. The van der Waals surface area contributed by atoms with Crippen LogP contribution in [0.3, 0.4) is 0 Å². The average Bonchev–Trinajstić information content (AvgIpc) is 2.56. The predicted molar refractivity (Wildman–Crippen MR) is 61.5 cm³/mol. The molecule has 1 unspecified atom stereocenters. The molecule has 14 heavy (non-hydrogen) atoms. The largest absolute Gasteiger partial charge is 0.302 e. The maximum atomic E-state index is 12.0. The first-order chi connectivity index (χ1) is 6.79. The summed E-state index contributed by atoms with van der Waals surface area (Å²) in [7, 11) is 0. The van der Waals surface area contributed by atoms with Crippen LogP contribution in [0.2, 0.25) is 0 Å². The lowest BCUT2D eigenvalue weighted by molar-refractivity contribution is 0.462. The van der Waals surface area contributed by atoms with Crippen molar-refractivity contribution in [2.75, 3.05) is 13.2 Å². The SMILES string of the molecule is FCCNC1Cc2ccc(Br)cc2S1. The first kappa shape index (κ1) is 10.5. The molecule has 1 heterocycles. The van der Waals surface area contributed by atoms with Crippen molar-refractivity contribution < 1.29 is 4.39 Å². The van der Waals surface area contributed by atoms with E-state index in [1.807, 2.05) is 0 Å². The van der Waals surface area contributed by atoms with E-state index in [9.17, 15) is 4.39 Å². The highest BCUT2D eigenvalue weighted by molar-refractivity contribution is 9.10. The van der Waals surface area contributed by atoms with Crippen LogP contribution in [0.5, 0.6) is 0 Å². The van der Waals surface area contributed by atoms with Gasteiger partial charge in [-0.1, -0.05) is 22.0 Å². The molecule has 0 aliphatic carbocycles. The number of hydrogen-bond acceptors (Lipinski definition) is 2. The van der Waals surface area contributed by atoms with E-state index in [-0.39, 0.29) is 6.67 Å². The maximum Gasteiger partial charge on any atom is 0.102 e. The molecule has 0 aromatic heterocycles. The van der Waals surface area contributed by atoms with Gasteiger partial charge in [0.2, 0.25) is 0 Å². The van der Waals surface area contributed by atoms with Crippen LogP contribution >= 0.6 is 27.7 Å². The zero-order valence-corrected chi connectivity index (χ0v) is 10.00. The van der Waals surface area contributed by atoms with E-state index in [2.05, 4.69) is 39.4 Å². The van der Waals surface area contributed by atoms with E-state index in [4.69, 9.17) is 0 Å². The minimum Gasteiger partial charge on any atom is -0.302 e. The second kappa shape index (κ2) is 4.64. The number of thioether (sulfide) groups is 1. The molecule has 1 nitrogen and oxygen atoms in total. The molecule has 0 spiro atoms. The zero-order valence-electron chi connectivity index (χ0n) is 7.59. The second-order valence-corrected chi connectivity index (χ2v) is 5.37. The lowest BCUT2D eigenvalue weighted by atomic mass is 10.1. The smallest absolute Gasteiger partial charge is 0.102 e. The fraction of sp³-hybridized carbons (Fsp3) is 0.400. The summed E-state index contributed by atoms with van der Waals surface area (Å²) in [5.74, 6) is 0. The minimum atomic E-state index is -0.295. The molecule has 0 bridgehead atoms. The quantitative estimate of drug-likeness (QED) is 0.910. The Morgan fingerprint density at radius 1 is 1.57 bits per heavy atom. The van der Waals surface area contributed by atoms with Crippen LogP contribution in [0.25, 0.3) is 0 Å². The van der Waals surface area contributed by atoms with Gasteiger partial charge in [0.15, 0.2) is 0 Å². The normalized spacial score (nSPS) is 19.7. The Kier molecular flexibility index (Phi) is 3.47. The van der Waals surface area contributed by atoms with Gasteiger partial charge in [-0.05, 0) is 24.1 Å². The third-order valence-corrected chi connectivity index (χ3v) is 3.92. The number of hydrogen-bond donors (Lipinski definition) is 1. The van der Waals surface area contributed by atoms with Crippen LogP contribution in [0.1, 0.15) is 5.56 Å². The first-order valence-electron chi connectivity index (χ1n) is 4.54. The summed E-state index contributed by atoms with van der Waals surface area (Å²) in [6, 6.07) is 6.30. The summed E-state index contributed by atoms with van der Waals surface area (Å²) in [5, 5.41) is 3.51. The van der Waals surface area contributed by atoms with Gasteiger partial charge in [0.05, 0.1) is 5.37 Å². The van der Waals surface area contributed by atoms with Crippen molar-refractivity contribution >= 4 is 27.7 Å². The Morgan fingerprint density at radius 2 is 2.43 bits per heavy atom. The van der Waals surface area contributed by atoms with Crippen molar-refractivity contribution in [2.24, 2.45) is 0 Å². The molecule has 4 heteroatoms. The summed E-state index contributed by atoms with van der Waals surface area (Å²) in [6.45, 7) is 0.157. The molecule has 0 saturated heterocycles. The standard InChI is InChI=1S/C10H11BrFNS/c11-8-2-1-7-5-10(13-4-3-12)14-9(7)6-8/h1-2,6,10,13H,3-5H2. The number of benzene rings is 1. The number of nitrogens with one attached hydrogen (secondary N) is 1. The summed E-state index contributed by atoms with van der Waals surface area (Å²) in [6.07, 6.45) is 0.993. The second-order valence-electron chi connectivity index (χ2n) is 3.21. The zero-order chi connectivity index (χ0) is 9.97. The third kappa shape index (κ3) is 2.30. The van der Waals surface area contributed by atoms with Gasteiger partial charge in [0, 0.05) is 15.9 Å². The highest BCUT2D eigenvalue weighted by Crippen LogP contribution is 2.37. The van der Waals surface area contributed by atoms with Gasteiger partial charge in [-0.3, -0.25) is 0 Å². The molecular formula is C10H11BrFNS. The van der Waals surface area contributed by atoms with Crippen LogP contribution in [0.4, 0.5) is 4.39 Å². The van der Waals surface area contributed by atoms with Crippen molar-refractivity contribution in [1.82, 2.24) is 5.32 Å². The highest BCUT2D eigenvalue weighted by atomic mass is 79.9. The van der Waals surface area contributed by atoms with Crippen LogP contribution in [-0.4, -0.2) is 18.6 Å². The highest BCUT2D eigenvalue weighted by Gasteiger charge is 2.21. The lowest BCUT2D eigenvalue weighted by Crippen LogP contribution is -2.27. The van der Waals surface area contributed by atoms with Crippen LogP contribution in [0, 0.1) is 0 Å². The molecular weight excluding hydrogens is 265 g/mol. The third-order valence-electron chi connectivity index (χ3n) is 2.17.